The third kappa shape index (κ3) is 1.17. The van der Waals surface area contributed by atoms with Gasteiger partial charge in [0, 0.05) is 11.1 Å². The quantitative estimate of drug-likeness (QED) is 0.604. The summed E-state index contributed by atoms with van der Waals surface area (Å²) in [6, 6.07) is 5.38. The second kappa shape index (κ2) is 2.66. The highest BCUT2D eigenvalue weighted by atomic mass is 19.1. The van der Waals surface area contributed by atoms with Crippen LogP contribution in [0.5, 0.6) is 0 Å². The van der Waals surface area contributed by atoms with Crippen LogP contribution in [0.1, 0.15) is 34.8 Å². The summed E-state index contributed by atoms with van der Waals surface area (Å²) < 4.78 is 13.9. The molecule has 2 heteroatoms. The summed E-state index contributed by atoms with van der Waals surface area (Å²) in [4.78, 5) is 10.7. The van der Waals surface area contributed by atoms with E-state index in [1.807, 2.05) is 12.1 Å². The van der Waals surface area contributed by atoms with Crippen LogP contribution in [0.15, 0.2) is 18.2 Å². The third-order valence-corrected chi connectivity index (χ3v) is 2.70. The van der Waals surface area contributed by atoms with Crippen molar-refractivity contribution in [2.45, 2.75) is 25.4 Å². The molecule has 0 saturated heterocycles. The molecule has 2 rings (SSSR count). The van der Waals surface area contributed by atoms with E-state index in [-0.39, 0.29) is 0 Å². The number of aryl methyl sites for hydroxylation is 1. The minimum absolute atomic E-state index is 0.493. The molecule has 0 heterocycles. The van der Waals surface area contributed by atoms with E-state index < -0.39 is 5.67 Å². The van der Waals surface area contributed by atoms with Gasteiger partial charge in [0.25, 0.3) is 0 Å². The maximum Gasteiger partial charge on any atom is 0.150 e. The Bertz CT molecular complexity index is 355. The monoisotopic (exact) mass is 178 g/mol. The Morgan fingerprint density at radius 2 is 2.31 bits per heavy atom. The average Bonchev–Trinajstić information content (AvgIpc) is 2.43. The van der Waals surface area contributed by atoms with E-state index in [9.17, 15) is 9.18 Å². The molecule has 1 nitrogen and oxygen atoms in total. The van der Waals surface area contributed by atoms with Crippen LogP contribution in [-0.2, 0) is 12.1 Å². The fourth-order valence-electron chi connectivity index (χ4n) is 2.06. The number of hydrogen-bond donors (Lipinski definition) is 0. The molecule has 0 amide bonds. The largest absolute Gasteiger partial charge is 0.298 e. The Balaban J connectivity index is 2.66. The third-order valence-electron chi connectivity index (χ3n) is 2.70. The zero-order valence-corrected chi connectivity index (χ0v) is 7.51. The first kappa shape index (κ1) is 8.42. The Kier molecular flexibility index (Phi) is 1.72. The van der Waals surface area contributed by atoms with Crippen LogP contribution in [0.25, 0.3) is 0 Å². The van der Waals surface area contributed by atoms with Crippen LogP contribution >= 0.6 is 0 Å². The molecule has 0 fully saturated rings. The van der Waals surface area contributed by atoms with Gasteiger partial charge in [-0.2, -0.15) is 0 Å². The number of carbonyl (C=O) groups excluding carboxylic acids is 1. The van der Waals surface area contributed by atoms with Crippen molar-refractivity contribution in [1.82, 2.24) is 0 Å². The second-order valence-electron chi connectivity index (χ2n) is 3.70. The van der Waals surface area contributed by atoms with Gasteiger partial charge in [0.15, 0.2) is 0 Å². The van der Waals surface area contributed by atoms with Gasteiger partial charge in [-0.05, 0) is 25.3 Å². The number of aldehydes is 1. The summed E-state index contributed by atoms with van der Waals surface area (Å²) in [7, 11) is 0. The van der Waals surface area contributed by atoms with Crippen LogP contribution < -0.4 is 0 Å². The summed E-state index contributed by atoms with van der Waals surface area (Å²) in [5.74, 6) is 0. The van der Waals surface area contributed by atoms with Gasteiger partial charge in [-0.25, -0.2) is 4.39 Å². The first-order chi connectivity index (χ1) is 6.15. The Hall–Kier alpha value is -1.18. The molecule has 13 heavy (non-hydrogen) atoms. The lowest BCUT2D eigenvalue weighted by atomic mass is 9.95. The lowest BCUT2D eigenvalue weighted by Crippen LogP contribution is -2.12. The SMILES string of the molecule is CC1(F)CCc2cccc(C=O)c21. The fourth-order valence-corrected chi connectivity index (χ4v) is 2.06. The number of rotatable bonds is 1. The lowest BCUT2D eigenvalue weighted by Gasteiger charge is -2.15. The van der Waals surface area contributed by atoms with E-state index in [2.05, 4.69) is 0 Å². The predicted molar refractivity (Wildman–Crippen MR) is 48.6 cm³/mol. The van der Waals surface area contributed by atoms with Gasteiger partial charge in [0.2, 0.25) is 0 Å². The number of fused-ring (bicyclic) bond motifs is 1. The number of alkyl halides is 1. The summed E-state index contributed by atoms with van der Waals surface area (Å²) >= 11 is 0. The van der Waals surface area contributed by atoms with Crippen molar-refractivity contribution in [3.8, 4) is 0 Å². The topological polar surface area (TPSA) is 17.1 Å². The minimum Gasteiger partial charge on any atom is -0.298 e. The van der Waals surface area contributed by atoms with Crippen molar-refractivity contribution in [2.24, 2.45) is 0 Å². The average molecular weight is 178 g/mol. The van der Waals surface area contributed by atoms with Crippen LogP contribution in [0, 0.1) is 0 Å². The van der Waals surface area contributed by atoms with E-state index in [1.165, 1.54) is 0 Å². The van der Waals surface area contributed by atoms with Gasteiger partial charge in [0.1, 0.15) is 12.0 Å². The van der Waals surface area contributed by atoms with E-state index >= 15 is 0 Å². The molecule has 1 aromatic carbocycles. The van der Waals surface area contributed by atoms with Crippen LogP contribution in [-0.4, -0.2) is 6.29 Å². The maximum atomic E-state index is 13.9. The van der Waals surface area contributed by atoms with Crippen LogP contribution in [0.4, 0.5) is 4.39 Å². The molecular weight excluding hydrogens is 167 g/mol. The van der Waals surface area contributed by atoms with Crippen molar-refractivity contribution >= 4 is 6.29 Å². The number of hydrogen-bond acceptors (Lipinski definition) is 1. The Morgan fingerprint density at radius 3 is 3.00 bits per heavy atom. The van der Waals surface area contributed by atoms with Crippen molar-refractivity contribution in [1.29, 1.82) is 0 Å². The molecule has 0 N–H and O–H groups in total. The van der Waals surface area contributed by atoms with Crippen molar-refractivity contribution < 1.29 is 9.18 Å². The molecule has 0 radical (unpaired) electrons. The standard InChI is InChI=1S/C11H11FO/c1-11(12)6-5-8-3-2-4-9(7-13)10(8)11/h2-4,7H,5-6H2,1H3. The molecule has 1 aliphatic rings. The van der Waals surface area contributed by atoms with Gasteiger partial charge in [0.05, 0.1) is 0 Å². The normalized spacial score (nSPS) is 25.7. The molecular formula is C11H11FO. The second-order valence-corrected chi connectivity index (χ2v) is 3.70. The van der Waals surface area contributed by atoms with Gasteiger partial charge in [-0.1, -0.05) is 18.2 Å². The van der Waals surface area contributed by atoms with Gasteiger partial charge in [-0.15, -0.1) is 0 Å². The van der Waals surface area contributed by atoms with Gasteiger partial charge >= 0.3 is 0 Å². The van der Waals surface area contributed by atoms with Gasteiger partial charge in [-0.3, -0.25) is 4.79 Å². The lowest BCUT2D eigenvalue weighted by molar-refractivity contribution is 0.111. The summed E-state index contributed by atoms with van der Waals surface area (Å²) in [6.45, 7) is 1.55. The highest BCUT2D eigenvalue weighted by molar-refractivity contribution is 5.79. The zero-order valence-electron chi connectivity index (χ0n) is 7.51. The zero-order chi connectivity index (χ0) is 9.47. The molecule has 1 aromatic rings. The van der Waals surface area contributed by atoms with E-state index in [1.54, 1.807) is 13.0 Å². The highest BCUT2D eigenvalue weighted by Crippen LogP contribution is 2.41. The van der Waals surface area contributed by atoms with Crippen LogP contribution in [0.2, 0.25) is 0 Å². The molecule has 0 bridgehead atoms. The predicted octanol–water partition coefficient (Wildman–Crippen LogP) is 2.63. The van der Waals surface area contributed by atoms with E-state index in [4.69, 9.17) is 0 Å². The van der Waals surface area contributed by atoms with Crippen molar-refractivity contribution in [3.05, 3.63) is 34.9 Å². The van der Waals surface area contributed by atoms with Crippen molar-refractivity contribution in [3.63, 3.8) is 0 Å². The molecule has 0 saturated carbocycles. The summed E-state index contributed by atoms with van der Waals surface area (Å²) in [6.07, 6.45) is 1.97. The smallest absolute Gasteiger partial charge is 0.150 e. The van der Waals surface area contributed by atoms with Crippen LogP contribution in [0.3, 0.4) is 0 Å². The number of halogens is 1. The van der Waals surface area contributed by atoms with E-state index in [0.29, 0.717) is 17.5 Å². The fraction of sp³-hybridized carbons (Fsp3) is 0.364. The molecule has 1 aliphatic carbocycles. The minimum atomic E-state index is -1.31. The molecule has 0 aliphatic heterocycles. The van der Waals surface area contributed by atoms with Gasteiger partial charge < -0.3 is 0 Å². The highest BCUT2D eigenvalue weighted by Gasteiger charge is 2.35. The summed E-state index contributed by atoms with van der Waals surface area (Å²) in [5.41, 5.74) is 0.770. The molecule has 0 spiro atoms. The number of benzene rings is 1. The molecule has 1 atom stereocenters. The first-order valence-corrected chi connectivity index (χ1v) is 4.41. The summed E-state index contributed by atoms with van der Waals surface area (Å²) in [5, 5.41) is 0. The number of carbonyl (C=O) groups is 1. The molecule has 68 valence electrons. The van der Waals surface area contributed by atoms with Crippen molar-refractivity contribution in [2.75, 3.05) is 0 Å². The molecule has 0 aromatic heterocycles. The Morgan fingerprint density at radius 1 is 1.54 bits per heavy atom. The molecule has 1 unspecified atom stereocenters. The maximum absolute atomic E-state index is 13.9. The van der Waals surface area contributed by atoms with E-state index in [0.717, 1.165) is 18.3 Å². The Labute approximate surface area is 76.6 Å². The first-order valence-electron chi connectivity index (χ1n) is 4.41.